The second kappa shape index (κ2) is 8.75. The third kappa shape index (κ3) is 4.59. The average Bonchev–Trinajstić information content (AvgIpc) is 2.92. The number of ketones is 1. The number of amides is 2. The summed E-state index contributed by atoms with van der Waals surface area (Å²) in [5, 5.41) is -0.123. The third-order valence-electron chi connectivity index (χ3n) is 7.07. The predicted octanol–water partition coefficient (Wildman–Crippen LogP) is 4.71. The molecule has 0 spiro atoms. The first kappa shape index (κ1) is 22.9. The maximum atomic E-state index is 13.4. The number of hydrogen-bond acceptors (Lipinski definition) is 4. The van der Waals surface area contributed by atoms with Crippen LogP contribution in [0.3, 0.4) is 0 Å². The van der Waals surface area contributed by atoms with Crippen LogP contribution >= 0.6 is 0 Å². The molecule has 2 fully saturated rings. The molecule has 1 aliphatic heterocycles. The second-order valence-corrected chi connectivity index (χ2v) is 15.0. The predicted molar refractivity (Wildman–Crippen MR) is 119 cm³/mol. The van der Waals surface area contributed by atoms with Crippen molar-refractivity contribution < 1.29 is 18.8 Å². The Bertz CT molecular complexity index is 793. The van der Waals surface area contributed by atoms with E-state index in [2.05, 4.69) is 33.9 Å². The van der Waals surface area contributed by atoms with Gasteiger partial charge in [-0.3, -0.25) is 19.3 Å². The lowest BCUT2D eigenvalue weighted by Crippen LogP contribution is -2.49. The van der Waals surface area contributed by atoms with Gasteiger partial charge in [-0.15, -0.1) is 0 Å². The lowest BCUT2D eigenvalue weighted by atomic mass is 9.80. The molecule has 0 bridgehead atoms. The second-order valence-electron chi connectivity index (χ2n) is 10.3. The van der Waals surface area contributed by atoms with E-state index in [-0.39, 0.29) is 35.1 Å². The minimum atomic E-state index is -2.35. The number of carbonyl (C=O) groups is 3. The first-order valence-electron chi connectivity index (χ1n) is 11.1. The quantitative estimate of drug-likeness (QED) is 0.373. The zero-order chi connectivity index (χ0) is 22.1. The highest BCUT2D eigenvalue weighted by Crippen LogP contribution is 2.41. The van der Waals surface area contributed by atoms with Crippen LogP contribution in [0.15, 0.2) is 30.3 Å². The van der Waals surface area contributed by atoms with Gasteiger partial charge < -0.3 is 4.43 Å². The van der Waals surface area contributed by atoms with E-state index < -0.39 is 20.3 Å². The van der Waals surface area contributed by atoms with Gasteiger partial charge in [0.1, 0.15) is 12.0 Å². The van der Waals surface area contributed by atoms with Crippen molar-refractivity contribution in [2.45, 2.75) is 83.7 Å². The normalized spacial score (nSPS) is 23.8. The number of likely N-dealkylation sites (tertiary alicyclic amines) is 1. The Hall–Kier alpha value is -1.79. The van der Waals surface area contributed by atoms with Crippen LogP contribution in [0.25, 0.3) is 0 Å². The molecule has 1 aromatic rings. The van der Waals surface area contributed by atoms with E-state index >= 15 is 0 Å². The topological polar surface area (TPSA) is 63.7 Å². The van der Waals surface area contributed by atoms with E-state index in [0.717, 1.165) is 37.7 Å². The summed E-state index contributed by atoms with van der Waals surface area (Å²) in [7, 11) is -2.35. The standard InChI is InChI=1S/C24H35NO4Si/c1-24(2,3)30(4,5)29-21-19(20(26)18-14-10-7-11-15-18)22(27)25(23(21)28)16-17-12-8-6-9-13-17/h6,8-9,12-13,18-19,21H,7,10-11,14-16H2,1-5H3/t19-,21-/m0/s1. The molecule has 0 N–H and O–H groups in total. The molecular formula is C24H35NO4Si. The molecule has 1 saturated heterocycles. The molecule has 1 aliphatic carbocycles. The van der Waals surface area contributed by atoms with E-state index in [1.165, 1.54) is 4.90 Å². The van der Waals surface area contributed by atoms with Crippen molar-refractivity contribution in [1.29, 1.82) is 0 Å². The lowest BCUT2D eigenvalue weighted by molar-refractivity contribution is -0.142. The summed E-state index contributed by atoms with van der Waals surface area (Å²) in [5.41, 5.74) is 0.871. The van der Waals surface area contributed by atoms with Gasteiger partial charge in [0.2, 0.25) is 5.91 Å². The molecule has 0 unspecified atom stereocenters. The van der Waals surface area contributed by atoms with E-state index in [9.17, 15) is 14.4 Å². The van der Waals surface area contributed by atoms with Gasteiger partial charge in [0, 0.05) is 5.92 Å². The number of hydrogen-bond donors (Lipinski definition) is 0. The van der Waals surface area contributed by atoms with Gasteiger partial charge in [-0.2, -0.15) is 0 Å². The zero-order valence-corrected chi connectivity index (χ0v) is 19.9. The summed E-state index contributed by atoms with van der Waals surface area (Å²) in [5.74, 6) is -1.97. The van der Waals surface area contributed by atoms with Crippen LogP contribution < -0.4 is 0 Å². The van der Waals surface area contributed by atoms with Crippen LogP contribution in [-0.4, -0.2) is 36.9 Å². The van der Waals surface area contributed by atoms with Crippen LogP contribution in [-0.2, 0) is 25.4 Å². The summed E-state index contributed by atoms with van der Waals surface area (Å²) in [6.45, 7) is 10.6. The highest BCUT2D eigenvalue weighted by Gasteiger charge is 2.55. The SMILES string of the molecule is CC(C)(C)[Si](C)(C)O[C@@H]1C(=O)N(Cc2ccccc2)C(=O)[C@H]1C(=O)C1CCCCC1. The van der Waals surface area contributed by atoms with Gasteiger partial charge >= 0.3 is 0 Å². The maximum Gasteiger partial charge on any atom is 0.258 e. The molecule has 1 aromatic carbocycles. The van der Waals surface area contributed by atoms with Crippen molar-refractivity contribution in [3.63, 3.8) is 0 Å². The van der Waals surface area contributed by atoms with Gasteiger partial charge in [0.15, 0.2) is 14.1 Å². The summed E-state index contributed by atoms with van der Waals surface area (Å²) in [4.78, 5) is 41.4. The van der Waals surface area contributed by atoms with E-state index in [0.29, 0.717) is 0 Å². The third-order valence-corrected chi connectivity index (χ3v) is 11.5. The summed E-state index contributed by atoms with van der Waals surface area (Å²) >= 11 is 0. The monoisotopic (exact) mass is 429 g/mol. The van der Waals surface area contributed by atoms with E-state index in [1.807, 2.05) is 30.3 Å². The Kier molecular flexibility index (Phi) is 6.68. The number of imide groups is 1. The maximum absolute atomic E-state index is 13.4. The van der Waals surface area contributed by atoms with Gasteiger partial charge in [0.25, 0.3) is 5.91 Å². The molecule has 5 nitrogen and oxygen atoms in total. The molecule has 1 saturated carbocycles. The molecule has 0 radical (unpaired) electrons. The van der Waals surface area contributed by atoms with Crippen molar-refractivity contribution in [2.75, 3.05) is 0 Å². The van der Waals surface area contributed by atoms with Crippen molar-refractivity contribution in [1.82, 2.24) is 4.90 Å². The minimum absolute atomic E-state index is 0.0904. The van der Waals surface area contributed by atoms with Crippen LogP contribution in [0, 0.1) is 11.8 Å². The van der Waals surface area contributed by atoms with Crippen molar-refractivity contribution in [3.05, 3.63) is 35.9 Å². The summed E-state index contributed by atoms with van der Waals surface area (Å²) in [6, 6.07) is 9.44. The Labute approximate surface area is 181 Å². The fourth-order valence-electron chi connectivity index (χ4n) is 4.15. The fourth-order valence-corrected chi connectivity index (χ4v) is 5.37. The van der Waals surface area contributed by atoms with Crippen molar-refractivity contribution in [2.24, 2.45) is 11.8 Å². The van der Waals surface area contributed by atoms with Gasteiger partial charge in [-0.05, 0) is 36.5 Å². The summed E-state index contributed by atoms with van der Waals surface area (Å²) in [6.07, 6.45) is 3.77. The average molecular weight is 430 g/mol. The molecule has 0 aromatic heterocycles. The number of Topliss-reactive ketones (excluding diaryl/α,β-unsaturated/α-hetero) is 1. The first-order valence-corrected chi connectivity index (χ1v) is 14.0. The molecule has 30 heavy (non-hydrogen) atoms. The number of carbonyl (C=O) groups excluding carboxylic acids is 3. The molecule has 164 valence electrons. The molecule has 2 aliphatic rings. The first-order chi connectivity index (χ1) is 14.0. The van der Waals surface area contributed by atoms with E-state index in [4.69, 9.17) is 4.43 Å². The van der Waals surface area contributed by atoms with Crippen molar-refractivity contribution >= 4 is 25.9 Å². The highest BCUT2D eigenvalue weighted by molar-refractivity contribution is 6.74. The smallest absolute Gasteiger partial charge is 0.258 e. The van der Waals surface area contributed by atoms with Crippen LogP contribution in [0.2, 0.25) is 18.1 Å². The molecule has 3 rings (SSSR count). The number of rotatable bonds is 6. The minimum Gasteiger partial charge on any atom is -0.404 e. The fraction of sp³-hybridized carbons (Fsp3) is 0.625. The molecule has 1 heterocycles. The molecule has 2 amide bonds. The van der Waals surface area contributed by atoms with Crippen LogP contribution in [0.1, 0.15) is 58.4 Å². The Morgan fingerprint density at radius 2 is 1.63 bits per heavy atom. The lowest BCUT2D eigenvalue weighted by Gasteiger charge is -2.38. The molecular weight excluding hydrogens is 394 g/mol. The number of nitrogens with zero attached hydrogens (tertiary/aromatic N) is 1. The van der Waals surface area contributed by atoms with Crippen LogP contribution in [0.5, 0.6) is 0 Å². The Morgan fingerprint density at radius 1 is 1.03 bits per heavy atom. The molecule has 6 heteroatoms. The highest BCUT2D eigenvalue weighted by atomic mass is 28.4. The van der Waals surface area contributed by atoms with Gasteiger partial charge in [-0.25, -0.2) is 0 Å². The summed E-state index contributed by atoms with van der Waals surface area (Å²) < 4.78 is 6.44. The zero-order valence-electron chi connectivity index (χ0n) is 18.9. The largest absolute Gasteiger partial charge is 0.404 e. The molecule has 2 atom stereocenters. The van der Waals surface area contributed by atoms with Crippen molar-refractivity contribution in [3.8, 4) is 0 Å². The van der Waals surface area contributed by atoms with Crippen LogP contribution in [0.4, 0.5) is 0 Å². The Balaban J connectivity index is 1.91. The van der Waals surface area contributed by atoms with E-state index in [1.54, 1.807) is 0 Å². The number of benzene rings is 1. The van der Waals surface area contributed by atoms with Gasteiger partial charge in [-0.1, -0.05) is 70.4 Å². The Morgan fingerprint density at radius 3 is 2.20 bits per heavy atom. The van der Waals surface area contributed by atoms with Gasteiger partial charge in [0.05, 0.1) is 6.54 Å².